The summed E-state index contributed by atoms with van der Waals surface area (Å²) in [6.07, 6.45) is 0.967. The van der Waals surface area contributed by atoms with E-state index in [4.69, 9.17) is 23.8 Å². The third-order valence-corrected chi connectivity index (χ3v) is 7.04. The highest BCUT2D eigenvalue weighted by molar-refractivity contribution is 6.24. The zero-order valence-electron chi connectivity index (χ0n) is 22.5. The number of fused-ring (bicyclic) bond motifs is 1. The largest absolute Gasteiger partial charge is 0.494 e. The maximum absolute atomic E-state index is 14.0. The van der Waals surface area contributed by atoms with Crippen molar-refractivity contribution in [2.75, 3.05) is 37.9 Å². The number of carbonyl (C=O) groups is 2. The van der Waals surface area contributed by atoms with Crippen molar-refractivity contribution in [2.24, 2.45) is 5.92 Å². The number of hydrogen-bond acceptors (Lipinski definition) is 8. The summed E-state index contributed by atoms with van der Waals surface area (Å²) >= 11 is 0. The van der Waals surface area contributed by atoms with Gasteiger partial charge in [0, 0.05) is 5.56 Å². The van der Waals surface area contributed by atoms with Crippen LogP contribution in [-0.4, -0.2) is 45.9 Å². The molecule has 0 aliphatic carbocycles. The molecule has 0 radical (unpaired) electrons. The summed E-state index contributed by atoms with van der Waals surface area (Å²) in [4.78, 5) is 35.1. The van der Waals surface area contributed by atoms with Crippen LogP contribution in [0.1, 0.15) is 31.4 Å². The number of anilines is 2. The fourth-order valence-corrected chi connectivity index (χ4v) is 5.17. The topological polar surface area (TPSA) is 86.8 Å². The van der Waals surface area contributed by atoms with Crippen molar-refractivity contribution in [3.8, 4) is 23.0 Å². The van der Waals surface area contributed by atoms with Gasteiger partial charge >= 0.3 is 0 Å². The number of benzene rings is 3. The Morgan fingerprint density at radius 2 is 1.51 bits per heavy atom. The Bertz CT molecular complexity index is 1330. The summed E-state index contributed by atoms with van der Waals surface area (Å²) in [5.74, 6) is 0.352. The number of amides is 2. The maximum atomic E-state index is 14.0. The third kappa shape index (κ3) is 4.63. The number of carbonyl (C=O) groups excluding carboxylic acids is 2. The van der Waals surface area contributed by atoms with Crippen LogP contribution in [0.4, 0.5) is 11.4 Å². The molecule has 0 spiro atoms. The number of hydrogen-bond donors (Lipinski definition) is 0. The van der Waals surface area contributed by atoms with Gasteiger partial charge in [0.15, 0.2) is 17.6 Å². The van der Waals surface area contributed by atoms with Gasteiger partial charge in [-0.25, -0.2) is 9.96 Å². The molecule has 3 unspecified atom stereocenters. The van der Waals surface area contributed by atoms with Gasteiger partial charge in [0.25, 0.3) is 5.91 Å². The van der Waals surface area contributed by atoms with E-state index >= 15 is 0 Å². The number of methoxy groups -OCH3 is 3. The first-order chi connectivity index (χ1) is 19.0. The lowest BCUT2D eigenvalue weighted by atomic mass is 9.89. The summed E-state index contributed by atoms with van der Waals surface area (Å²) in [7, 11) is 4.59. The van der Waals surface area contributed by atoms with Gasteiger partial charge in [0.1, 0.15) is 17.7 Å². The van der Waals surface area contributed by atoms with Crippen LogP contribution in [-0.2, 0) is 14.4 Å². The van der Waals surface area contributed by atoms with Crippen molar-refractivity contribution in [3.63, 3.8) is 0 Å². The average Bonchev–Trinajstić information content (AvgIpc) is 3.48. The maximum Gasteiger partial charge on any atom is 0.266 e. The van der Waals surface area contributed by atoms with Crippen LogP contribution < -0.4 is 28.9 Å². The molecule has 3 atom stereocenters. The summed E-state index contributed by atoms with van der Waals surface area (Å²) in [5.41, 5.74) is 1.80. The highest BCUT2D eigenvalue weighted by Crippen LogP contribution is 2.52. The first kappa shape index (κ1) is 26.4. The highest BCUT2D eigenvalue weighted by Gasteiger charge is 2.61. The van der Waals surface area contributed by atoms with Crippen LogP contribution in [0.2, 0.25) is 0 Å². The van der Waals surface area contributed by atoms with Crippen LogP contribution in [0.15, 0.2) is 66.7 Å². The standard InChI is InChI=1S/C30H32N2O7/c1-5-6-18-38-21-14-12-19(13-15-21)31-29(33)24-25(22-16-17-23(35-2)27(37-4)26(22)36-3)32(39-28(24)30(31)34)20-10-8-7-9-11-20/h7-17,24-25,28H,5-6,18H2,1-4H3. The molecule has 2 aliphatic heterocycles. The number of nitrogens with zero attached hydrogens (tertiary/aromatic N) is 2. The summed E-state index contributed by atoms with van der Waals surface area (Å²) in [5, 5.41) is 1.62. The van der Waals surface area contributed by atoms with E-state index in [1.165, 1.54) is 19.1 Å². The smallest absolute Gasteiger partial charge is 0.266 e. The quantitative estimate of drug-likeness (QED) is 0.268. The van der Waals surface area contributed by atoms with Crippen molar-refractivity contribution >= 4 is 23.2 Å². The van der Waals surface area contributed by atoms with Crippen molar-refractivity contribution in [1.29, 1.82) is 0 Å². The Labute approximate surface area is 227 Å². The van der Waals surface area contributed by atoms with E-state index in [0.29, 0.717) is 46.5 Å². The first-order valence-electron chi connectivity index (χ1n) is 12.9. The number of rotatable bonds is 10. The molecule has 2 fully saturated rings. The minimum atomic E-state index is -1.01. The molecule has 3 aromatic carbocycles. The summed E-state index contributed by atoms with van der Waals surface area (Å²) < 4.78 is 22.6. The fourth-order valence-electron chi connectivity index (χ4n) is 5.17. The molecule has 9 heteroatoms. The summed E-state index contributed by atoms with van der Waals surface area (Å²) in [6.45, 7) is 2.71. The molecule has 0 bridgehead atoms. The zero-order valence-corrected chi connectivity index (χ0v) is 22.5. The van der Waals surface area contributed by atoms with Gasteiger partial charge in [-0.1, -0.05) is 31.5 Å². The van der Waals surface area contributed by atoms with E-state index in [2.05, 4.69) is 6.92 Å². The number of ether oxygens (including phenoxy) is 4. The van der Waals surface area contributed by atoms with E-state index in [1.54, 1.807) is 42.5 Å². The van der Waals surface area contributed by atoms with Crippen LogP contribution in [0.25, 0.3) is 0 Å². The van der Waals surface area contributed by atoms with Gasteiger partial charge in [0.05, 0.1) is 39.3 Å². The van der Waals surface area contributed by atoms with Gasteiger partial charge in [-0.05, 0) is 55.0 Å². The molecule has 0 saturated carbocycles. The van der Waals surface area contributed by atoms with Crippen LogP contribution in [0, 0.1) is 5.92 Å². The molecule has 5 rings (SSSR count). The van der Waals surface area contributed by atoms with E-state index in [1.807, 2.05) is 36.4 Å². The van der Waals surface area contributed by atoms with Crippen molar-refractivity contribution in [1.82, 2.24) is 0 Å². The lowest BCUT2D eigenvalue weighted by Gasteiger charge is -2.30. The van der Waals surface area contributed by atoms with Gasteiger partial charge in [-0.15, -0.1) is 0 Å². The molecular weight excluding hydrogens is 500 g/mol. The monoisotopic (exact) mass is 532 g/mol. The normalized spacial score (nSPS) is 20.3. The van der Waals surface area contributed by atoms with E-state index < -0.39 is 24.0 Å². The third-order valence-electron chi connectivity index (χ3n) is 7.04. The Kier molecular flexibility index (Phi) is 7.60. The Balaban J connectivity index is 1.55. The van der Waals surface area contributed by atoms with Crippen LogP contribution >= 0.6 is 0 Å². The van der Waals surface area contributed by atoms with Crippen LogP contribution in [0.5, 0.6) is 23.0 Å². The van der Waals surface area contributed by atoms with E-state index in [0.717, 1.165) is 12.8 Å². The molecule has 0 N–H and O–H groups in total. The Morgan fingerprint density at radius 3 is 2.15 bits per heavy atom. The molecule has 39 heavy (non-hydrogen) atoms. The molecular formula is C30H32N2O7. The van der Waals surface area contributed by atoms with Gasteiger partial charge in [0.2, 0.25) is 11.7 Å². The second-order valence-electron chi connectivity index (χ2n) is 9.29. The Hall–Kier alpha value is -4.24. The van der Waals surface area contributed by atoms with E-state index in [9.17, 15) is 9.59 Å². The first-order valence-corrected chi connectivity index (χ1v) is 12.9. The lowest BCUT2D eigenvalue weighted by molar-refractivity contribution is -0.126. The molecule has 3 aromatic rings. The molecule has 204 valence electrons. The number of para-hydroxylation sites is 1. The lowest BCUT2D eigenvalue weighted by Crippen LogP contribution is -2.37. The number of hydroxylamine groups is 1. The average molecular weight is 533 g/mol. The SMILES string of the molecule is CCCCOc1ccc(N2C(=O)C3ON(c4ccccc4)C(c4ccc(OC)c(OC)c4OC)C3C2=O)cc1. The highest BCUT2D eigenvalue weighted by atomic mass is 16.7. The predicted molar refractivity (Wildman–Crippen MR) is 145 cm³/mol. The second-order valence-corrected chi connectivity index (χ2v) is 9.29. The molecule has 2 aliphatic rings. The van der Waals surface area contributed by atoms with Crippen molar-refractivity contribution in [3.05, 3.63) is 72.3 Å². The van der Waals surface area contributed by atoms with Gasteiger partial charge in [-0.3, -0.25) is 14.4 Å². The van der Waals surface area contributed by atoms with Crippen molar-refractivity contribution in [2.45, 2.75) is 31.9 Å². The minimum absolute atomic E-state index is 0.357. The molecule has 2 amide bonds. The van der Waals surface area contributed by atoms with Gasteiger partial charge in [-0.2, -0.15) is 0 Å². The van der Waals surface area contributed by atoms with E-state index in [-0.39, 0.29) is 5.91 Å². The molecule has 9 nitrogen and oxygen atoms in total. The molecule has 0 aromatic heterocycles. The number of imide groups is 1. The van der Waals surface area contributed by atoms with Gasteiger partial charge < -0.3 is 18.9 Å². The molecule has 2 heterocycles. The fraction of sp³-hybridized carbons (Fsp3) is 0.333. The van der Waals surface area contributed by atoms with Crippen molar-refractivity contribution < 1.29 is 33.4 Å². The second kappa shape index (κ2) is 11.2. The predicted octanol–water partition coefficient (Wildman–Crippen LogP) is 4.94. The van der Waals surface area contributed by atoms with Crippen LogP contribution in [0.3, 0.4) is 0 Å². The zero-order chi connectivity index (χ0) is 27.5. The molecule has 2 saturated heterocycles. The summed E-state index contributed by atoms with van der Waals surface area (Å²) in [6, 6.07) is 19.2. The Morgan fingerprint density at radius 1 is 0.795 bits per heavy atom. The number of unbranched alkanes of at least 4 members (excludes halogenated alkanes) is 1. The minimum Gasteiger partial charge on any atom is -0.494 e.